The quantitative estimate of drug-likeness (QED) is 0.514. The van der Waals surface area contributed by atoms with Gasteiger partial charge in [-0.05, 0) is 39.3 Å². The van der Waals surface area contributed by atoms with Gasteiger partial charge in [0, 0.05) is 23.8 Å². The number of nitrogens with zero attached hydrogens (tertiary/aromatic N) is 4. The second kappa shape index (κ2) is 9.86. The molecule has 2 heterocycles. The molecule has 1 atom stereocenters. The van der Waals surface area contributed by atoms with Crippen LogP contribution in [0.15, 0.2) is 34.9 Å². The summed E-state index contributed by atoms with van der Waals surface area (Å²) in [6, 6.07) is 5.89. The molecule has 0 fully saturated rings. The molecule has 0 radical (unpaired) electrons. The maximum atomic E-state index is 12.5. The predicted molar refractivity (Wildman–Crippen MR) is 120 cm³/mol. The summed E-state index contributed by atoms with van der Waals surface area (Å²) in [4.78, 5) is 29.0. The van der Waals surface area contributed by atoms with Crippen molar-refractivity contribution in [1.82, 2.24) is 19.7 Å². The third kappa shape index (κ3) is 5.45. The standard InChI is InChI=1S/C20H24N6O2S2/c1-5-26-16(11-17(27)22-15-7-6-12(2)10-13(15)3)24-25-20(26)30-14(4)18(28)23-19-21-8-9-29-19/h6-10,14H,5,11H2,1-4H3,(H,22,27)(H,21,23,28). The summed E-state index contributed by atoms with van der Waals surface area (Å²) in [6.45, 7) is 8.33. The molecule has 1 aromatic carbocycles. The number of thioether (sulfide) groups is 1. The first-order chi connectivity index (χ1) is 14.4. The van der Waals surface area contributed by atoms with Gasteiger partial charge in [0.1, 0.15) is 5.82 Å². The number of hydrogen-bond donors (Lipinski definition) is 2. The number of carbonyl (C=O) groups excluding carboxylic acids is 2. The Morgan fingerprint density at radius 3 is 2.70 bits per heavy atom. The van der Waals surface area contributed by atoms with Gasteiger partial charge in [0.15, 0.2) is 10.3 Å². The summed E-state index contributed by atoms with van der Waals surface area (Å²) in [7, 11) is 0. The molecule has 158 valence electrons. The SMILES string of the molecule is CCn1c(CC(=O)Nc2ccc(C)cc2C)nnc1SC(C)C(=O)Nc1nccs1. The first-order valence-electron chi connectivity index (χ1n) is 9.53. The van der Waals surface area contributed by atoms with E-state index in [1.54, 1.807) is 18.5 Å². The normalized spacial score (nSPS) is 11.9. The smallest absolute Gasteiger partial charge is 0.239 e. The first-order valence-corrected chi connectivity index (χ1v) is 11.3. The highest BCUT2D eigenvalue weighted by molar-refractivity contribution is 8.00. The molecule has 30 heavy (non-hydrogen) atoms. The molecule has 0 bridgehead atoms. The Bertz CT molecular complexity index is 1030. The van der Waals surface area contributed by atoms with Gasteiger partial charge in [0.05, 0.1) is 11.7 Å². The zero-order chi connectivity index (χ0) is 21.7. The van der Waals surface area contributed by atoms with E-state index in [1.807, 2.05) is 43.5 Å². The molecule has 10 heteroatoms. The number of amides is 2. The fourth-order valence-electron chi connectivity index (χ4n) is 2.85. The molecule has 0 spiro atoms. The summed E-state index contributed by atoms with van der Waals surface area (Å²) >= 11 is 2.67. The number of rotatable bonds is 8. The lowest BCUT2D eigenvalue weighted by atomic mass is 10.1. The highest BCUT2D eigenvalue weighted by Gasteiger charge is 2.21. The van der Waals surface area contributed by atoms with E-state index in [4.69, 9.17) is 0 Å². The second-order valence-corrected chi connectivity index (χ2v) is 8.98. The Labute approximate surface area is 183 Å². The minimum atomic E-state index is -0.389. The molecule has 2 aromatic heterocycles. The van der Waals surface area contributed by atoms with Gasteiger partial charge in [-0.1, -0.05) is 29.5 Å². The zero-order valence-corrected chi connectivity index (χ0v) is 18.9. The maximum Gasteiger partial charge on any atom is 0.239 e. The Morgan fingerprint density at radius 2 is 2.03 bits per heavy atom. The number of thiazole rings is 1. The fraction of sp³-hybridized carbons (Fsp3) is 0.350. The van der Waals surface area contributed by atoms with Gasteiger partial charge in [-0.25, -0.2) is 4.98 Å². The topological polar surface area (TPSA) is 102 Å². The minimum Gasteiger partial charge on any atom is -0.325 e. The number of hydrogen-bond acceptors (Lipinski definition) is 7. The highest BCUT2D eigenvalue weighted by Crippen LogP contribution is 2.24. The number of aryl methyl sites for hydroxylation is 2. The van der Waals surface area contributed by atoms with E-state index in [2.05, 4.69) is 25.8 Å². The van der Waals surface area contributed by atoms with Crippen LogP contribution < -0.4 is 10.6 Å². The summed E-state index contributed by atoms with van der Waals surface area (Å²) < 4.78 is 1.86. The molecule has 0 aliphatic carbocycles. The van der Waals surface area contributed by atoms with E-state index < -0.39 is 0 Å². The van der Waals surface area contributed by atoms with Crippen LogP contribution in [0.2, 0.25) is 0 Å². The molecule has 3 aromatic rings. The Kier molecular flexibility index (Phi) is 7.22. The van der Waals surface area contributed by atoms with Crippen LogP contribution in [-0.2, 0) is 22.6 Å². The second-order valence-electron chi connectivity index (χ2n) is 6.77. The third-order valence-corrected chi connectivity index (χ3v) is 6.17. The van der Waals surface area contributed by atoms with Gasteiger partial charge in [0.25, 0.3) is 0 Å². The predicted octanol–water partition coefficient (Wildman–Crippen LogP) is 3.67. The number of anilines is 2. The van der Waals surface area contributed by atoms with Gasteiger partial charge < -0.3 is 15.2 Å². The van der Waals surface area contributed by atoms with Crippen molar-refractivity contribution in [3.63, 3.8) is 0 Å². The summed E-state index contributed by atoms with van der Waals surface area (Å²) in [6.07, 6.45) is 1.75. The van der Waals surface area contributed by atoms with Gasteiger partial charge in [-0.2, -0.15) is 0 Å². The molecule has 2 N–H and O–H groups in total. The van der Waals surface area contributed by atoms with Crippen LogP contribution in [0.3, 0.4) is 0 Å². The lowest BCUT2D eigenvalue weighted by molar-refractivity contribution is -0.116. The molecule has 0 aliphatic heterocycles. The average Bonchev–Trinajstić information content (AvgIpc) is 3.33. The Hall–Kier alpha value is -2.72. The Morgan fingerprint density at radius 1 is 1.23 bits per heavy atom. The van der Waals surface area contributed by atoms with Crippen LogP contribution in [0.4, 0.5) is 10.8 Å². The van der Waals surface area contributed by atoms with E-state index in [1.165, 1.54) is 23.1 Å². The van der Waals surface area contributed by atoms with Crippen LogP contribution in [0.25, 0.3) is 0 Å². The van der Waals surface area contributed by atoms with E-state index in [9.17, 15) is 9.59 Å². The van der Waals surface area contributed by atoms with E-state index in [0.29, 0.717) is 22.7 Å². The van der Waals surface area contributed by atoms with Crippen molar-refractivity contribution < 1.29 is 9.59 Å². The van der Waals surface area contributed by atoms with Crippen LogP contribution in [0.1, 0.15) is 30.8 Å². The van der Waals surface area contributed by atoms with Crippen molar-refractivity contribution in [2.75, 3.05) is 10.6 Å². The van der Waals surface area contributed by atoms with Gasteiger partial charge in [-0.15, -0.1) is 21.5 Å². The highest BCUT2D eigenvalue weighted by atomic mass is 32.2. The lowest BCUT2D eigenvalue weighted by Gasteiger charge is -2.12. The molecule has 2 amide bonds. The molecule has 0 saturated carbocycles. The Balaban J connectivity index is 1.64. The minimum absolute atomic E-state index is 0.106. The molecule has 3 rings (SSSR count). The van der Waals surface area contributed by atoms with Gasteiger partial charge >= 0.3 is 0 Å². The summed E-state index contributed by atoms with van der Waals surface area (Å²) in [5.74, 6) is 0.250. The van der Waals surface area contributed by atoms with Crippen molar-refractivity contribution in [2.24, 2.45) is 0 Å². The maximum absolute atomic E-state index is 12.5. The lowest BCUT2D eigenvalue weighted by Crippen LogP contribution is -2.23. The zero-order valence-electron chi connectivity index (χ0n) is 17.3. The monoisotopic (exact) mass is 444 g/mol. The molecule has 0 aliphatic rings. The van der Waals surface area contributed by atoms with Crippen LogP contribution in [0, 0.1) is 13.8 Å². The van der Waals surface area contributed by atoms with Crippen LogP contribution in [0.5, 0.6) is 0 Å². The number of carbonyl (C=O) groups is 2. The average molecular weight is 445 g/mol. The molecular formula is C20H24N6O2S2. The summed E-state index contributed by atoms with van der Waals surface area (Å²) in [5.41, 5.74) is 2.94. The van der Waals surface area contributed by atoms with Crippen molar-refractivity contribution in [3.8, 4) is 0 Å². The number of aromatic nitrogens is 4. The van der Waals surface area contributed by atoms with Crippen molar-refractivity contribution in [3.05, 3.63) is 46.7 Å². The van der Waals surface area contributed by atoms with Crippen LogP contribution in [-0.4, -0.2) is 36.8 Å². The van der Waals surface area contributed by atoms with Crippen molar-refractivity contribution in [2.45, 2.75) is 51.1 Å². The largest absolute Gasteiger partial charge is 0.325 e. The summed E-state index contributed by atoms with van der Waals surface area (Å²) in [5, 5.41) is 16.7. The van der Waals surface area contributed by atoms with E-state index >= 15 is 0 Å². The van der Waals surface area contributed by atoms with Crippen molar-refractivity contribution >= 4 is 45.7 Å². The van der Waals surface area contributed by atoms with E-state index in [0.717, 1.165) is 16.8 Å². The molecule has 0 saturated heterocycles. The van der Waals surface area contributed by atoms with Gasteiger partial charge in [0.2, 0.25) is 11.8 Å². The van der Waals surface area contributed by atoms with Gasteiger partial charge in [-0.3, -0.25) is 9.59 Å². The van der Waals surface area contributed by atoms with Crippen LogP contribution >= 0.6 is 23.1 Å². The third-order valence-electron chi connectivity index (χ3n) is 4.40. The molecular weight excluding hydrogens is 420 g/mol. The number of nitrogens with one attached hydrogen (secondary N) is 2. The molecule has 1 unspecified atom stereocenters. The fourth-order valence-corrected chi connectivity index (χ4v) is 4.31. The first kappa shape index (κ1) is 22.0. The number of benzene rings is 1. The van der Waals surface area contributed by atoms with Crippen molar-refractivity contribution in [1.29, 1.82) is 0 Å². The van der Waals surface area contributed by atoms with E-state index in [-0.39, 0.29) is 23.5 Å². The molecule has 8 nitrogen and oxygen atoms in total.